The maximum Gasteiger partial charge on any atom is 0.0497 e. The number of benzene rings is 7. The highest BCUT2D eigenvalue weighted by atomic mass is 15.0. The predicted octanol–water partition coefficient (Wildman–Crippen LogP) is 20.4. The van der Waals surface area contributed by atoms with Crippen LogP contribution in [0.5, 0.6) is 0 Å². The molecule has 0 fully saturated rings. The number of hydrogen-bond donors (Lipinski definition) is 0. The van der Waals surface area contributed by atoms with E-state index in [1.807, 2.05) is 0 Å². The van der Waals surface area contributed by atoms with Crippen LogP contribution in [0.3, 0.4) is 0 Å². The lowest BCUT2D eigenvalue weighted by Crippen LogP contribution is -2.11. The van der Waals surface area contributed by atoms with Gasteiger partial charge in [0.25, 0.3) is 0 Å². The molecule has 0 spiro atoms. The van der Waals surface area contributed by atoms with Crippen LogP contribution < -0.4 is 0 Å². The second kappa shape index (κ2) is 19.9. The van der Waals surface area contributed by atoms with Crippen molar-refractivity contribution in [2.75, 3.05) is 0 Å². The van der Waals surface area contributed by atoms with Crippen molar-refractivity contribution in [1.29, 1.82) is 0 Å². The first kappa shape index (κ1) is 45.1. The third-order valence-electron chi connectivity index (χ3n) is 15.8. The number of unbranched alkanes of at least 4 members (excludes halogenated alkanes) is 12. The molecule has 1 heterocycles. The van der Waals surface area contributed by atoms with E-state index < -0.39 is 0 Å². The molecule has 1 unspecified atom stereocenters. The van der Waals surface area contributed by atoms with Gasteiger partial charge in [0.05, 0.1) is 0 Å². The van der Waals surface area contributed by atoms with E-state index in [0.29, 0.717) is 5.92 Å². The average Bonchev–Trinajstić information content (AvgIpc) is 3.95. The zero-order chi connectivity index (χ0) is 46.0. The van der Waals surface area contributed by atoms with Crippen LogP contribution in [0.2, 0.25) is 0 Å². The summed E-state index contributed by atoms with van der Waals surface area (Å²) in [5.74, 6) is 0.685. The van der Waals surface area contributed by atoms with Crippen LogP contribution >= 0.6 is 0 Å². The third kappa shape index (κ3) is 8.62. The highest BCUT2D eigenvalue weighted by Gasteiger charge is 2.27. The zero-order valence-corrected chi connectivity index (χ0v) is 41.6. The summed E-state index contributed by atoms with van der Waals surface area (Å²) in [4.78, 5) is 0. The lowest BCUT2D eigenvalue weighted by Gasteiger charge is -2.20. The Kier molecular flexibility index (Phi) is 13.4. The van der Waals surface area contributed by atoms with Crippen LogP contribution in [0.4, 0.5) is 0 Å². The van der Waals surface area contributed by atoms with E-state index in [-0.39, 0.29) is 0 Å². The molecule has 0 bridgehead atoms. The fraction of sp³-hybridized carbons (Fsp3) is 0.364. The fourth-order valence-corrected chi connectivity index (χ4v) is 12.3. The van der Waals surface area contributed by atoms with Gasteiger partial charge in [-0.1, -0.05) is 224 Å². The van der Waals surface area contributed by atoms with Gasteiger partial charge in [-0.05, 0) is 146 Å². The molecule has 1 atom stereocenters. The quantitative estimate of drug-likeness (QED) is 0.0501. The molecule has 10 aromatic rings. The molecular weight excluding hydrogens is 807 g/mol. The maximum absolute atomic E-state index is 2.76. The number of aromatic nitrogens is 1. The van der Waals surface area contributed by atoms with Crippen molar-refractivity contribution in [3.8, 4) is 33.4 Å². The molecule has 10 rings (SSSR count). The summed E-state index contributed by atoms with van der Waals surface area (Å²) in [5, 5.41) is 13.8. The van der Waals surface area contributed by atoms with Crippen LogP contribution in [0, 0.1) is 33.6 Å². The Balaban J connectivity index is 1.10. The Bertz CT molecular complexity index is 3270. The monoisotopic (exact) mass is 880 g/mol. The Hall–Kier alpha value is -5.66. The SMILES string of the molecule is CCCCCCCCCCC(CCCCCCCC)Cn1c2cc(C)ccc2c2ccc(-c3c(C)c4c5cccc6c(-c7ccc(C)cc7)c(-c7ccc(C)cc7)c(c7cccc3c74)c65)cc21. The second-order valence-corrected chi connectivity index (χ2v) is 20.7. The van der Waals surface area contributed by atoms with Crippen molar-refractivity contribution in [2.24, 2.45) is 5.92 Å². The summed E-state index contributed by atoms with van der Waals surface area (Å²) in [6.45, 7) is 14.8. The standard InChI is InChI=1S/C66H73N/c1-7-9-11-13-15-16-18-20-24-48(23-19-17-14-12-10-8-2)43-67-58-41-46(5)33-39-52(58)53-40-38-51(42-59(53)67)60-47(6)61-55-26-22-27-56-62(49-34-29-44(3)30-35-49)63(50-36-31-45(4)32-37-50)66(65(55)56)57-28-21-25-54(60)64(57)61/h21-22,25-42,48H,7-20,23-24,43H2,1-6H3. The Morgan fingerprint density at radius 3 is 1.40 bits per heavy atom. The first-order chi connectivity index (χ1) is 32.9. The van der Waals surface area contributed by atoms with E-state index in [1.54, 1.807) is 0 Å². The van der Waals surface area contributed by atoms with Crippen molar-refractivity contribution in [3.63, 3.8) is 0 Å². The van der Waals surface area contributed by atoms with Crippen molar-refractivity contribution in [2.45, 2.75) is 151 Å². The molecule has 0 amide bonds. The summed E-state index contributed by atoms with van der Waals surface area (Å²) >= 11 is 0. The smallest absolute Gasteiger partial charge is 0.0497 e. The molecule has 0 aliphatic carbocycles. The summed E-state index contributed by atoms with van der Waals surface area (Å²) in [5.41, 5.74) is 16.1. The third-order valence-corrected chi connectivity index (χ3v) is 15.8. The lowest BCUT2D eigenvalue weighted by atomic mass is 9.92. The molecule has 1 heteroatoms. The van der Waals surface area contributed by atoms with E-state index in [9.17, 15) is 0 Å². The van der Waals surface area contributed by atoms with Crippen LogP contribution in [0.15, 0.2) is 121 Å². The van der Waals surface area contributed by atoms with Gasteiger partial charge >= 0.3 is 0 Å². The van der Waals surface area contributed by atoms with Gasteiger partial charge in [-0.15, -0.1) is 0 Å². The van der Waals surface area contributed by atoms with E-state index in [0.717, 1.165) is 6.54 Å². The van der Waals surface area contributed by atoms with Crippen molar-refractivity contribution < 1.29 is 0 Å². The number of nitrogens with zero attached hydrogens (tertiary/aromatic N) is 1. The van der Waals surface area contributed by atoms with E-state index in [1.165, 1.54) is 223 Å². The Morgan fingerprint density at radius 2 is 0.806 bits per heavy atom. The predicted molar refractivity (Wildman–Crippen MR) is 296 cm³/mol. The maximum atomic E-state index is 2.76. The normalized spacial score (nSPS) is 12.7. The highest BCUT2D eigenvalue weighted by molar-refractivity contribution is 6.42. The molecule has 1 aromatic heterocycles. The lowest BCUT2D eigenvalue weighted by molar-refractivity contribution is 0.364. The summed E-state index contributed by atoms with van der Waals surface area (Å²) in [6, 6.07) is 47.4. The minimum atomic E-state index is 0.685. The highest BCUT2D eigenvalue weighted by Crippen LogP contribution is 2.55. The molecule has 0 saturated heterocycles. The molecular formula is C66H73N. The number of fused-ring (bicyclic) bond motifs is 5. The second-order valence-electron chi connectivity index (χ2n) is 20.7. The molecule has 1 nitrogen and oxygen atoms in total. The molecule has 342 valence electrons. The van der Waals surface area contributed by atoms with Gasteiger partial charge in [-0.2, -0.15) is 0 Å². The molecule has 9 aromatic carbocycles. The van der Waals surface area contributed by atoms with Gasteiger partial charge in [0.1, 0.15) is 0 Å². The van der Waals surface area contributed by atoms with Crippen LogP contribution in [0.25, 0.3) is 98.3 Å². The van der Waals surface area contributed by atoms with Crippen molar-refractivity contribution in [3.05, 3.63) is 144 Å². The van der Waals surface area contributed by atoms with Gasteiger partial charge in [0, 0.05) is 28.4 Å². The van der Waals surface area contributed by atoms with Gasteiger partial charge in [0.2, 0.25) is 0 Å². The van der Waals surface area contributed by atoms with Gasteiger partial charge in [-0.25, -0.2) is 0 Å². The van der Waals surface area contributed by atoms with Gasteiger partial charge in [0.15, 0.2) is 0 Å². The number of hydrogen-bond acceptors (Lipinski definition) is 0. The van der Waals surface area contributed by atoms with Crippen LogP contribution in [-0.2, 0) is 6.54 Å². The number of aryl methyl sites for hydroxylation is 4. The zero-order valence-electron chi connectivity index (χ0n) is 41.6. The molecule has 0 aliphatic rings. The largest absolute Gasteiger partial charge is 0.340 e. The molecule has 0 saturated carbocycles. The number of rotatable bonds is 21. The van der Waals surface area contributed by atoms with Gasteiger partial charge in [-0.3, -0.25) is 0 Å². The van der Waals surface area contributed by atoms with Crippen molar-refractivity contribution in [1.82, 2.24) is 4.57 Å². The van der Waals surface area contributed by atoms with E-state index in [4.69, 9.17) is 0 Å². The minimum Gasteiger partial charge on any atom is -0.340 e. The molecule has 0 aliphatic heterocycles. The van der Waals surface area contributed by atoms with Crippen LogP contribution in [-0.4, -0.2) is 4.57 Å². The first-order valence-electron chi connectivity index (χ1n) is 26.5. The van der Waals surface area contributed by atoms with E-state index >= 15 is 0 Å². The molecule has 0 radical (unpaired) electrons. The Morgan fingerprint density at radius 1 is 0.358 bits per heavy atom. The summed E-state index contributed by atoms with van der Waals surface area (Å²) < 4.78 is 2.76. The molecule has 67 heavy (non-hydrogen) atoms. The Labute approximate surface area is 401 Å². The first-order valence-corrected chi connectivity index (χ1v) is 26.5. The van der Waals surface area contributed by atoms with Crippen LogP contribution in [0.1, 0.15) is 139 Å². The fourth-order valence-electron chi connectivity index (χ4n) is 12.3. The van der Waals surface area contributed by atoms with E-state index in [2.05, 4.69) is 167 Å². The summed E-state index contributed by atoms with van der Waals surface area (Å²) in [6.07, 6.45) is 21.9. The van der Waals surface area contributed by atoms with Gasteiger partial charge < -0.3 is 4.57 Å². The van der Waals surface area contributed by atoms with Crippen molar-refractivity contribution >= 4 is 64.9 Å². The topological polar surface area (TPSA) is 4.93 Å². The molecule has 0 N–H and O–H groups in total. The summed E-state index contributed by atoms with van der Waals surface area (Å²) in [7, 11) is 0. The average molecular weight is 880 g/mol. The minimum absolute atomic E-state index is 0.685.